The van der Waals surface area contributed by atoms with E-state index in [0.717, 1.165) is 29.6 Å². The number of aromatic nitrogens is 2. The van der Waals surface area contributed by atoms with Crippen molar-refractivity contribution in [2.75, 3.05) is 0 Å². The Morgan fingerprint density at radius 3 is 2.32 bits per heavy atom. The molecule has 114 valence electrons. The molecule has 3 rings (SSSR count). The predicted octanol–water partition coefficient (Wildman–Crippen LogP) is 4.65. The Morgan fingerprint density at radius 1 is 0.955 bits per heavy atom. The van der Waals surface area contributed by atoms with Crippen LogP contribution in [-0.4, -0.2) is 15.6 Å². The van der Waals surface area contributed by atoms with Crippen molar-refractivity contribution in [2.24, 2.45) is 0 Å². The van der Waals surface area contributed by atoms with Gasteiger partial charge in [0.2, 0.25) is 5.88 Å². The fourth-order valence-electron chi connectivity index (χ4n) is 2.25. The quantitative estimate of drug-likeness (QED) is 0.703. The van der Waals surface area contributed by atoms with Gasteiger partial charge < -0.3 is 4.74 Å². The molecular formula is C18H20N2OS. The number of hydrogen-bond donors (Lipinski definition) is 0. The van der Waals surface area contributed by atoms with Crippen LogP contribution in [0.15, 0.2) is 41.8 Å². The van der Waals surface area contributed by atoms with Crippen molar-refractivity contribution in [3.05, 3.63) is 52.3 Å². The molecule has 1 aromatic carbocycles. The Kier molecular flexibility index (Phi) is 4.12. The average Bonchev–Trinajstić information content (AvgIpc) is 2.96. The summed E-state index contributed by atoms with van der Waals surface area (Å²) in [4.78, 5) is 10.8. The van der Waals surface area contributed by atoms with Gasteiger partial charge in [-0.3, -0.25) is 0 Å². The lowest BCUT2D eigenvalue weighted by molar-refractivity contribution is 0.122. The maximum atomic E-state index is 6.04. The summed E-state index contributed by atoms with van der Waals surface area (Å²) in [6, 6.07) is 12.2. The third-order valence-electron chi connectivity index (χ3n) is 3.20. The molecule has 4 heteroatoms. The first-order chi connectivity index (χ1) is 10.5. The highest BCUT2D eigenvalue weighted by Gasteiger charge is 2.18. The van der Waals surface area contributed by atoms with E-state index in [1.807, 2.05) is 45.0 Å². The first-order valence-corrected chi connectivity index (χ1v) is 8.36. The second kappa shape index (κ2) is 6.05. The molecule has 0 spiro atoms. The number of thiophene rings is 1. The summed E-state index contributed by atoms with van der Waals surface area (Å²) >= 11 is 1.78. The molecule has 0 fully saturated rings. The number of fused-ring (bicyclic) bond motifs is 1. The van der Waals surface area contributed by atoms with E-state index in [9.17, 15) is 0 Å². The number of hydrogen-bond acceptors (Lipinski definition) is 4. The van der Waals surface area contributed by atoms with Crippen LogP contribution >= 0.6 is 11.3 Å². The van der Waals surface area contributed by atoms with Crippen molar-refractivity contribution in [1.82, 2.24) is 9.97 Å². The Hall–Kier alpha value is -1.94. The van der Waals surface area contributed by atoms with E-state index in [-0.39, 0.29) is 5.60 Å². The fraction of sp³-hybridized carbons (Fsp3) is 0.333. The molecule has 2 heterocycles. The van der Waals surface area contributed by atoms with E-state index < -0.39 is 0 Å². The number of para-hydroxylation sites is 2. The highest BCUT2D eigenvalue weighted by molar-refractivity contribution is 7.09. The molecule has 3 nitrogen and oxygen atoms in total. The van der Waals surface area contributed by atoms with Crippen molar-refractivity contribution in [3.8, 4) is 5.88 Å². The van der Waals surface area contributed by atoms with E-state index in [0.29, 0.717) is 5.88 Å². The van der Waals surface area contributed by atoms with Crippen molar-refractivity contribution in [1.29, 1.82) is 0 Å². The van der Waals surface area contributed by atoms with Crippen LogP contribution in [0.2, 0.25) is 0 Å². The molecule has 0 aliphatic heterocycles. The summed E-state index contributed by atoms with van der Waals surface area (Å²) in [5.74, 6) is 0.655. The molecular weight excluding hydrogens is 292 g/mol. The standard InChI is InChI=1S/C18H20N2OS/c1-18(2,3)21-17-16(11-10-13-7-6-12-22-13)19-14-8-4-5-9-15(14)20-17/h4-9,12H,10-11H2,1-3H3. The normalized spacial score (nSPS) is 11.8. The van der Waals surface area contributed by atoms with E-state index in [4.69, 9.17) is 9.72 Å². The van der Waals surface area contributed by atoms with Gasteiger partial charge >= 0.3 is 0 Å². The second-order valence-corrected chi connectivity index (χ2v) is 7.29. The predicted molar refractivity (Wildman–Crippen MR) is 91.6 cm³/mol. The summed E-state index contributed by atoms with van der Waals surface area (Å²) in [5, 5.41) is 2.11. The van der Waals surface area contributed by atoms with Gasteiger partial charge in [-0.05, 0) is 57.2 Å². The summed E-state index contributed by atoms with van der Waals surface area (Å²) in [6.07, 6.45) is 1.80. The van der Waals surface area contributed by atoms with Gasteiger partial charge in [-0.2, -0.15) is 0 Å². The van der Waals surface area contributed by atoms with Crippen molar-refractivity contribution >= 4 is 22.4 Å². The van der Waals surface area contributed by atoms with Crippen molar-refractivity contribution in [3.63, 3.8) is 0 Å². The fourth-order valence-corrected chi connectivity index (χ4v) is 2.96. The van der Waals surface area contributed by atoms with E-state index in [2.05, 4.69) is 22.5 Å². The first kappa shape index (κ1) is 15.0. The number of benzene rings is 1. The lowest BCUT2D eigenvalue weighted by Gasteiger charge is -2.22. The monoisotopic (exact) mass is 312 g/mol. The Labute approximate surface area is 135 Å². The zero-order valence-electron chi connectivity index (χ0n) is 13.2. The third-order valence-corrected chi connectivity index (χ3v) is 4.13. The van der Waals surface area contributed by atoms with Gasteiger partial charge in [-0.15, -0.1) is 11.3 Å². The van der Waals surface area contributed by atoms with Crippen molar-refractivity contribution < 1.29 is 4.74 Å². The molecule has 0 unspecified atom stereocenters. The highest BCUT2D eigenvalue weighted by atomic mass is 32.1. The summed E-state index contributed by atoms with van der Waals surface area (Å²) in [7, 11) is 0. The minimum Gasteiger partial charge on any atom is -0.471 e. The van der Waals surface area contributed by atoms with Gasteiger partial charge in [0.15, 0.2) is 0 Å². The van der Waals surface area contributed by atoms with Crippen molar-refractivity contribution in [2.45, 2.75) is 39.2 Å². The SMILES string of the molecule is CC(C)(C)Oc1nc2ccccc2nc1CCc1cccs1. The zero-order chi connectivity index (χ0) is 15.6. The lowest BCUT2D eigenvalue weighted by Crippen LogP contribution is -2.24. The molecule has 3 aromatic rings. The molecule has 0 radical (unpaired) electrons. The molecule has 0 bridgehead atoms. The molecule has 2 aromatic heterocycles. The molecule has 0 saturated carbocycles. The Bertz CT molecular complexity index is 760. The molecule has 0 aliphatic rings. The Morgan fingerprint density at radius 2 is 1.68 bits per heavy atom. The first-order valence-electron chi connectivity index (χ1n) is 7.48. The van der Waals surface area contributed by atoms with Gasteiger partial charge in [0, 0.05) is 4.88 Å². The second-order valence-electron chi connectivity index (χ2n) is 6.26. The number of ether oxygens (including phenoxy) is 1. The number of nitrogens with zero attached hydrogens (tertiary/aromatic N) is 2. The smallest absolute Gasteiger partial charge is 0.236 e. The summed E-state index contributed by atoms with van der Waals surface area (Å²) in [5.41, 5.74) is 2.45. The van der Waals surface area contributed by atoms with Crippen LogP contribution in [0.5, 0.6) is 5.88 Å². The van der Waals surface area contributed by atoms with Crippen LogP contribution in [-0.2, 0) is 12.8 Å². The summed E-state index contributed by atoms with van der Waals surface area (Å²) in [6.45, 7) is 6.10. The zero-order valence-corrected chi connectivity index (χ0v) is 14.0. The van der Waals surface area contributed by atoms with E-state index in [1.54, 1.807) is 11.3 Å². The van der Waals surface area contributed by atoms with Crippen LogP contribution in [0, 0.1) is 0 Å². The largest absolute Gasteiger partial charge is 0.471 e. The van der Waals surface area contributed by atoms with Crippen LogP contribution in [0.25, 0.3) is 11.0 Å². The molecule has 22 heavy (non-hydrogen) atoms. The van der Waals surface area contributed by atoms with E-state index in [1.165, 1.54) is 4.88 Å². The number of aryl methyl sites for hydroxylation is 2. The average molecular weight is 312 g/mol. The minimum atomic E-state index is -0.283. The third kappa shape index (κ3) is 3.63. The van der Waals surface area contributed by atoms with Gasteiger partial charge in [0.05, 0.1) is 11.0 Å². The van der Waals surface area contributed by atoms with Gasteiger partial charge in [0.1, 0.15) is 11.3 Å². The molecule has 0 atom stereocenters. The Balaban J connectivity index is 1.95. The van der Waals surface area contributed by atoms with E-state index >= 15 is 0 Å². The van der Waals surface area contributed by atoms with Gasteiger partial charge in [-0.25, -0.2) is 9.97 Å². The number of rotatable bonds is 4. The van der Waals surface area contributed by atoms with Crippen LogP contribution in [0.3, 0.4) is 0 Å². The summed E-state index contributed by atoms with van der Waals surface area (Å²) < 4.78 is 6.04. The van der Waals surface area contributed by atoms with Gasteiger partial charge in [-0.1, -0.05) is 18.2 Å². The minimum absolute atomic E-state index is 0.283. The van der Waals surface area contributed by atoms with Crippen LogP contribution < -0.4 is 4.74 Å². The maximum Gasteiger partial charge on any atom is 0.236 e. The topological polar surface area (TPSA) is 35.0 Å². The molecule has 0 N–H and O–H groups in total. The molecule has 0 saturated heterocycles. The van der Waals surface area contributed by atoms with Crippen LogP contribution in [0.4, 0.5) is 0 Å². The maximum absolute atomic E-state index is 6.04. The van der Waals surface area contributed by atoms with Gasteiger partial charge in [0.25, 0.3) is 0 Å². The highest BCUT2D eigenvalue weighted by Crippen LogP contribution is 2.24. The lowest BCUT2D eigenvalue weighted by atomic mass is 10.1. The van der Waals surface area contributed by atoms with Crippen LogP contribution in [0.1, 0.15) is 31.3 Å². The molecule has 0 amide bonds. The molecule has 0 aliphatic carbocycles.